The lowest BCUT2D eigenvalue weighted by atomic mass is 9.72. The fraction of sp³-hybridized carbons (Fsp3) is 0.562. The summed E-state index contributed by atoms with van der Waals surface area (Å²) in [4.78, 5) is 29.0. The highest BCUT2D eigenvalue weighted by Gasteiger charge is 2.51. The van der Waals surface area contributed by atoms with Gasteiger partial charge in [0.2, 0.25) is 0 Å². The van der Waals surface area contributed by atoms with E-state index >= 15 is 0 Å². The molecule has 0 radical (unpaired) electrons. The maximum atomic E-state index is 12.5. The maximum Gasteiger partial charge on any atom is 0.324 e. The second-order valence-electron chi connectivity index (χ2n) is 5.11. The molecule has 21 heavy (non-hydrogen) atoms. The van der Waals surface area contributed by atoms with Crippen LogP contribution in [0.3, 0.4) is 0 Å². The maximum absolute atomic E-state index is 12.5. The van der Waals surface area contributed by atoms with Gasteiger partial charge < -0.3 is 9.47 Å². The zero-order chi connectivity index (χ0) is 15.9. The van der Waals surface area contributed by atoms with Crippen molar-refractivity contribution in [1.82, 2.24) is 4.98 Å². The van der Waals surface area contributed by atoms with E-state index in [1.165, 1.54) is 0 Å². The van der Waals surface area contributed by atoms with Gasteiger partial charge in [-0.2, -0.15) is 0 Å². The van der Waals surface area contributed by atoms with Crippen molar-refractivity contribution in [1.29, 1.82) is 0 Å². The molecule has 0 aromatic carbocycles. The highest BCUT2D eigenvalue weighted by molar-refractivity contribution is 6.00. The summed E-state index contributed by atoms with van der Waals surface area (Å²) in [5.41, 5.74) is -0.540. The second-order valence-corrected chi connectivity index (χ2v) is 5.11. The van der Waals surface area contributed by atoms with Gasteiger partial charge in [-0.25, -0.2) is 0 Å². The van der Waals surface area contributed by atoms with E-state index in [4.69, 9.17) is 9.47 Å². The van der Waals surface area contributed by atoms with Gasteiger partial charge in [0, 0.05) is 18.8 Å². The van der Waals surface area contributed by atoms with Crippen molar-refractivity contribution in [2.24, 2.45) is 11.3 Å². The molecule has 5 nitrogen and oxygen atoms in total. The van der Waals surface area contributed by atoms with Crippen molar-refractivity contribution in [3.05, 3.63) is 30.1 Å². The first-order chi connectivity index (χ1) is 9.98. The van der Waals surface area contributed by atoms with Gasteiger partial charge in [0.25, 0.3) is 0 Å². The zero-order valence-electron chi connectivity index (χ0n) is 13.1. The Bertz CT molecular complexity index is 452. The number of hydrogen-bond acceptors (Lipinski definition) is 5. The lowest BCUT2D eigenvalue weighted by Crippen LogP contribution is -2.48. The molecule has 1 heterocycles. The Morgan fingerprint density at radius 1 is 1.19 bits per heavy atom. The lowest BCUT2D eigenvalue weighted by Gasteiger charge is -2.32. The number of nitrogens with zero attached hydrogens (tertiary/aromatic N) is 1. The number of carbonyl (C=O) groups excluding carboxylic acids is 2. The van der Waals surface area contributed by atoms with Crippen molar-refractivity contribution < 1.29 is 19.1 Å². The standard InChI is InChI=1S/C16H23NO4/c1-5-20-14(18)16(12(3)4,15(19)21-6-2)10-13-8-7-9-17-11-13/h7-9,11-12H,5-6,10H2,1-4H3. The quantitative estimate of drug-likeness (QED) is 0.570. The van der Waals surface area contributed by atoms with Crippen LogP contribution in [0.15, 0.2) is 24.5 Å². The third-order valence-corrected chi connectivity index (χ3v) is 3.47. The van der Waals surface area contributed by atoms with Crippen LogP contribution in [0.2, 0.25) is 0 Å². The normalized spacial score (nSPS) is 11.3. The summed E-state index contributed by atoms with van der Waals surface area (Å²) in [6, 6.07) is 3.61. The summed E-state index contributed by atoms with van der Waals surface area (Å²) >= 11 is 0. The molecular weight excluding hydrogens is 270 g/mol. The molecule has 0 N–H and O–H groups in total. The topological polar surface area (TPSA) is 65.5 Å². The predicted octanol–water partition coefficient (Wildman–Crippen LogP) is 2.39. The summed E-state index contributed by atoms with van der Waals surface area (Å²) < 4.78 is 10.3. The van der Waals surface area contributed by atoms with E-state index in [-0.39, 0.29) is 25.6 Å². The monoisotopic (exact) mass is 293 g/mol. The molecule has 0 aliphatic heterocycles. The van der Waals surface area contributed by atoms with E-state index < -0.39 is 17.4 Å². The van der Waals surface area contributed by atoms with Crippen molar-refractivity contribution in [2.75, 3.05) is 13.2 Å². The molecule has 0 unspecified atom stereocenters. The average Bonchev–Trinajstić information content (AvgIpc) is 2.45. The van der Waals surface area contributed by atoms with E-state index in [1.807, 2.05) is 19.9 Å². The zero-order valence-corrected chi connectivity index (χ0v) is 13.1. The van der Waals surface area contributed by atoms with Crippen LogP contribution >= 0.6 is 0 Å². The molecule has 0 bridgehead atoms. The Kier molecular flexibility index (Phi) is 6.34. The van der Waals surface area contributed by atoms with Gasteiger partial charge in [-0.15, -0.1) is 0 Å². The molecule has 0 spiro atoms. The number of hydrogen-bond donors (Lipinski definition) is 0. The molecule has 1 aromatic rings. The SMILES string of the molecule is CCOC(=O)C(Cc1cccnc1)(C(=O)OCC)C(C)C. The van der Waals surface area contributed by atoms with Gasteiger partial charge in [-0.05, 0) is 31.4 Å². The molecule has 0 aliphatic carbocycles. The van der Waals surface area contributed by atoms with E-state index in [9.17, 15) is 9.59 Å². The number of ether oxygens (including phenoxy) is 2. The fourth-order valence-corrected chi connectivity index (χ4v) is 2.25. The van der Waals surface area contributed by atoms with Gasteiger partial charge in [-0.1, -0.05) is 19.9 Å². The van der Waals surface area contributed by atoms with Crippen molar-refractivity contribution >= 4 is 11.9 Å². The molecule has 0 saturated heterocycles. The summed E-state index contributed by atoms with van der Waals surface area (Å²) in [7, 11) is 0. The fourth-order valence-electron chi connectivity index (χ4n) is 2.25. The molecule has 1 aromatic heterocycles. The number of esters is 2. The van der Waals surface area contributed by atoms with Gasteiger partial charge in [-0.3, -0.25) is 14.6 Å². The molecule has 0 aliphatic rings. The Hall–Kier alpha value is -1.91. The molecule has 0 fully saturated rings. The van der Waals surface area contributed by atoms with E-state index in [1.54, 1.807) is 32.3 Å². The Morgan fingerprint density at radius 2 is 1.76 bits per heavy atom. The third-order valence-electron chi connectivity index (χ3n) is 3.47. The largest absolute Gasteiger partial charge is 0.465 e. The van der Waals surface area contributed by atoms with Crippen LogP contribution in [-0.2, 0) is 25.5 Å². The van der Waals surface area contributed by atoms with Gasteiger partial charge in [0.15, 0.2) is 5.41 Å². The molecule has 5 heteroatoms. The van der Waals surface area contributed by atoms with Crippen LogP contribution in [0.1, 0.15) is 33.3 Å². The molecule has 0 saturated carbocycles. The highest BCUT2D eigenvalue weighted by atomic mass is 16.6. The third kappa shape index (κ3) is 3.80. The first-order valence-electron chi connectivity index (χ1n) is 7.22. The lowest BCUT2D eigenvalue weighted by molar-refractivity contribution is -0.176. The number of carbonyl (C=O) groups is 2. The van der Waals surface area contributed by atoms with E-state index in [2.05, 4.69) is 4.98 Å². The van der Waals surface area contributed by atoms with Crippen molar-refractivity contribution in [2.45, 2.75) is 34.1 Å². The summed E-state index contributed by atoms with van der Waals surface area (Å²) in [5.74, 6) is -1.33. The average molecular weight is 293 g/mol. The minimum atomic E-state index is -1.34. The summed E-state index contributed by atoms with van der Waals surface area (Å²) in [6.45, 7) is 7.53. The minimum absolute atomic E-state index is 0.218. The minimum Gasteiger partial charge on any atom is -0.465 e. The Morgan fingerprint density at radius 3 is 2.14 bits per heavy atom. The molecule has 0 atom stereocenters. The summed E-state index contributed by atoms with van der Waals surface area (Å²) in [6.07, 6.45) is 3.51. The molecule has 0 amide bonds. The van der Waals surface area contributed by atoms with Crippen LogP contribution in [-0.4, -0.2) is 30.1 Å². The van der Waals surface area contributed by atoms with Gasteiger partial charge in [0.05, 0.1) is 13.2 Å². The molecular formula is C16H23NO4. The van der Waals surface area contributed by atoms with Crippen LogP contribution in [0.25, 0.3) is 0 Å². The molecule has 116 valence electrons. The van der Waals surface area contributed by atoms with E-state index in [0.29, 0.717) is 0 Å². The number of pyridine rings is 1. The van der Waals surface area contributed by atoms with Crippen LogP contribution in [0.5, 0.6) is 0 Å². The van der Waals surface area contributed by atoms with Crippen LogP contribution in [0.4, 0.5) is 0 Å². The first kappa shape index (κ1) is 17.1. The number of rotatable bonds is 7. The Balaban J connectivity index is 3.23. The van der Waals surface area contributed by atoms with Gasteiger partial charge >= 0.3 is 11.9 Å². The second kappa shape index (κ2) is 7.76. The number of aromatic nitrogens is 1. The van der Waals surface area contributed by atoms with Crippen LogP contribution in [0, 0.1) is 11.3 Å². The smallest absolute Gasteiger partial charge is 0.324 e. The van der Waals surface area contributed by atoms with E-state index in [0.717, 1.165) is 5.56 Å². The first-order valence-corrected chi connectivity index (χ1v) is 7.22. The van der Waals surface area contributed by atoms with Crippen LogP contribution < -0.4 is 0 Å². The summed E-state index contributed by atoms with van der Waals surface area (Å²) in [5, 5.41) is 0. The molecule has 1 rings (SSSR count). The van der Waals surface area contributed by atoms with Crippen molar-refractivity contribution in [3.63, 3.8) is 0 Å². The predicted molar refractivity (Wildman–Crippen MR) is 78.5 cm³/mol. The highest BCUT2D eigenvalue weighted by Crippen LogP contribution is 2.35. The van der Waals surface area contributed by atoms with Gasteiger partial charge in [0.1, 0.15) is 0 Å². The Labute approximate surface area is 125 Å². The van der Waals surface area contributed by atoms with Crippen molar-refractivity contribution in [3.8, 4) is 0 Å².